The summed E-state index contributed by atoms with van der Waals surface area (Å²) in [4.78, 5) is 12.6. The van der Waals surface area contributed by atoms with E-state index in [1.165, 1.54) is 7.11 Å². The van der Waals surface area contributed by atoms with Gasteiger partial charge >= 0.3 is 0 Å². The topological polar surface area (TPSA) is 71.3 Å². The summed E-state index contributed by atoms with van der Waals surface area (Å²) >= 11 is 0. The second-order valence-corrected chi connectivity index (χ2v) is 5.67. The molecule has 122 valence electrons. The Morgan fingerprint density at radius 1 is 1.21 bits per heavy atom. The molecule has 2 aromatic rings. The largest absolute Gasteiger partial charge is 0.493 e. The summed E-state index contributed by atoms with van der Waals surface area (Å²) in [5.74, 6) is 0.681. The van der Waals surface area contributed by atoms with Crippen LogP contribution < -0.4 is 14.8 Å². The van der Waals surface area contributed by atoms with Crippen LogP contribution in [0.4, 0.5) is 0 Å². The van der Waals surface area contributed by atoms with Crippen LogP contribution in [0.15, 0.2) is 48.5 Å². The molecule has 0 unspecified atom stereocenters. The maximum atomic E-state index is 12.6. The molecule has 2 aromatic carbocycles. The van der Waals surface area contributed by atoms with E-state index in [4.69, 9.17) is 14.7 Å². The lowest BCUT2D eigenvalue weighted by atomic mass is 10.1. The SMILES string of the molecule is COc1cc(C#N)ccc1O[C@@H](C(=O)NC1CC1)c1ccccc1. The van der Waals surface area contributed by atoms with Crippen molar-refractivity contribution in [3.63, 3.8) is 0 Å². The van der Waals surface area contributed by atoms with Crippen LogP contribution in [0, 0.1) is 11.3 Å². The van der Waals surface area contributed by atoms with Gasteiger partial charge in [-0.3, -0.25) is 4.79 Å². The number of benzene rings is 2. The van der Waals surface area contributed by atoms with Crippen molar-refractivity contribution in [3.05, 3.63) is 59.7 Å². The van der Waals surface area contributed by atoms with Gasteiger partial charge in [-0.25, -0.2) is 0 Å². The normalized spacial score (nSPS) is 14.3. The third-order valence-electron chi connectivity index (χ3n) is 3.80. The van der Waals surface area contributed by atoms with Crippen molar-refractivity contribution in [1.29, 1.82) is 5.26 Å². The number of methoxy groups -OCH3 is 1. The number of amides is 1. The molecule has 1 atom stereocenters. The van der Waals surface area contributed by atoms with Crippen molar-refractivity contribution in [3.8, 4) is 17.6 Å². The number of carbonyl (C=O) groups is 1. The standard InChI is InChI=1S/C19H18N2O3/c1-23-17-11-13(12-20)7-10-16(17)24-18(14-5-3-2-4-6-14)19(22)21-15-8-9-15/h2-7,10-11,15,18H,8-9H2,1H3,(H,21,22)/t18-/m1/s1. The Hall–Kier alpha value is -3.00. The molecule has 24 heavy (non-hydrogen) atoms. The van der Waals surface area contributed by atoms with Crippen LogP contribution >= 0.6 is 0 Å². The Morgan fingerprint density at radius 2 is 1.96 bits per heavy atom. The summed E-state index contributed by atoms with van der Waals surface area (Å²) in [6, 6.07) is 16.5. The number of nitriles is 1. The molecule has 1 amide bonds. The number of carbonyl (C=O) groups excluding carboxylic acids is 1. The van der Waals surface area contributed by atoms with Crippen molar-refractivity contribution in [2.75, 3.05) is 7.11 Å². The fourth-order valence-corrected chi connectivity index (χ4v) is 2.37. The molecular formula is C19H18N2O3. The maximum absolute atomic E-state index is 12.6. The van der Waals surface area contributed by atoms with Crippen molar-refractivity contribution < 1.29 is 14.3 Å². The highest BCUT2D eigenvalue weighted by Crippen LogP contribution is 2.32. The number of hydrogen-bond acceptors (Lipinski definition) is 4. The lowest BCUT2D eigenvalue weighted by Gasteiger charge is -2.20. The second-order valence-electron chi connectivity index (χ2n) is 5.67. The predicted molar refractivity (Wildman–Crippen MR) is 88.7 cm³/mol. The minimum Gasteiger partial charge on any atom is -0.493 e. The van der Waals surface area contributed by atoms with Gasteiger partial charge in [0, 0.05) is 17.7 Å². The zero-order valence-corrected chi connectivity index (χ0v) is 13.4. The van der Waals surface area contributed by atoms with Crippen LogP contribution in [-0.4, -0.2) is 19.1 Å². The Balaban J connectivity index is 1.89. The highest BCUT2D eigenvalue weighted by molar-refractivity contribution is 5.83. The van der Waals surface area contributed by atoms with Crippen LogP contribution in [0.3, 0.4) is 0 Å². The van der Waals surface area contributed by atoms with Gasteiger partial charge in [0.05, 0.1) is 18.7 Å². The lowest BCUT2D eigenvalue weighted by Crippen LogP contribution is -2.33. The summed E-state index contributed by atoms with van der Waals surface area (Å²) in [7, 11) is 1.51. The fourth-order valence-electron chi connectivity index (χ4n) is 2.37. The zero-order chi connectivity index (χ0) is 16.9. The predicted octanol–water partition coefficient (Wildman–Crippen LogP) is 2.97. The number of nitrogens with zero attached hydrogens (tertiary/aromatic N) is 1. The Kier molecular flexibility index (Phi) is 4.66. The molecule has 3 rings (SSSR count). The highest BCUT2D eigenvalue weighted by Gasteiger charge is 2.30. The average molecular weight is 322 g/mol. The first-order chi connectivity index (χ1) is 11.7. The van der Waals surface area contributed by atoms with Crippen molar-refractivity contribution >= 4 is 5.91 Å². The van der Waals surface area contributed by atoms with Gasteiger partial charge in [0.25, 0.3) is 5.91 Å². The lowest BCUT2D eigenvalue weighted by molar-refractivity contribution is -0.128. The quantitative estimate of drug-likeness (QED) is 0.887. The monoisotopic (exact) mass is 322 g/mol. The first-order valence-corrected chi connectivity index (χ1v) is 7.81. The van der Waals surface area contributed by atoms with E-state index in [1.807, 2.05) is 30.3 Å². The van der Waals surface area contributed by atoms with E-state index in [-0.39, 0.29) is 11.9 Å². The molecule has 1 N–H and O–H groups in total. The summed E-state index contributed by atoms with van der Waals surface area (Å²) in [5, 5.41) is 12.0. The average Bonchev–Trinajstić information content (AvgIpc) is 3.44. The van der Waals surface area contributed by atoms with Crippen LogP contribution in [0.2, 0.25) is 0 Å². The molecular weight excluding hydrogens is 304 g/mol. The third-order valence-corrected chi connectivity index (χ3v) is 3.80. The molecule has 5 nitrogen and oxygen atoms in total. The van der Waals surface area contributed by atoms with Crippen molar-refractivity contribution in [2.45, 2.75) is 25.0 Å². The van der Waals surface area contributed by atoms with E-state index in [0.717, 1.165) is 18.4 Å². The van der Waals surface area contributed by atoms with E-state index in [0.29, 0.717) is 17.1 Å². The van der Waals surface area contributed by atoms with Gasteiger partial charge in [-0.15, -0.1) is 0 Å². The fraction of sp³-hybridized carbons (Fsp3) is 0.263. The summed E-state index contributed by atoms with van der Waals surface area (Å²) in [5.41, 5.74) is 1.24. The van der Waals surface area contributed by atoms with Gasteiger partial charge < -0.3 is 14.8 Å². The highest BCUT2D eigenvalue weighted by atomic mass is 16.5. The molecule has 0 spiro atoms. The Bertz CT molecular complexity index is 764. The van der Waals surface area contributed by atoms with E-state index >= 15 is 0 Å². The van der Waals surface area contributed by atoms with Gasteiger partial charge in [0.15, 0.2) is 11.5 Å². The number of nitrogens with one attached hydrogen (secondary N) is 1. The van der Waals surface area contributed by atoms with Gasteiger partial charge in [0.1, 0.15) is 0 Å². The molecule has 1 saturated carbocycles. The van der Waals surface area contributed by atoms with E-state index in [1.54, 1.807) is 18.2 Å². The third kappa shape index (κ3) is 3.66. The van der Waals surface area contributed by atoms with Gasteiger partial charge in [-0.1, -0.05) is 30.3 Å². The molecule has 0 saturated heterocycles. The van der Waals surface area contributed by atoms with Gasteiger partial charge in [-0.2, -0.15) is 5.26 Å². The smallest absolute Gasteiger partial charge is 0.266 e. The van der Waals surface area contributed by atoms with Crippen molar-refractivity contribution in [1.82, 2.24) is 5.32 Å². The van der Waals surface area contributed by atoms with E-state index < -0.39 is 6.10 Å². The minimum absolute atomic E-state index is 0.171. The first-order valence-electron chi connectivity index (χ1n) is 7.81. The second kappa shape index (κ2) is 7.05. The molecule has 1 aliphatic carbocycles. The molecule has 0 radical (unpaired) electrons. The molecule has 0 aromatic heterocycles. The summed E-state index contributed by atoms with van der Waals surface area (Å²) in [6.45, 7) is 0. The molecule has 1 aliphatic rings. The van der Waals surface area contributed by atoms with Crippen LogP contribution in [-0.2, 0) is 4.79 Å². The summed E-state index contributed by atoms with van der Waals surface area (Å²) in [6.07, 6.45) is 1.24. The molecule has 1 fully saturated rings. The maximum Gasteiger partial charge on any atom is 0.266 e. The first kappa shape index (κ1) is 15.9. The number of hydrogen-bond donors (Lipinski definition) is 1. The molecule has 0 aliphatic heterocycles. The Labute approximate surface area is 140 Å². The van der Waals surface area contributed by atoms with Crippen molar-refractivity contribution in [2.24, 2.45) is 0 Å². The summed E-state index contributed by atoms with van der Waals surface area (Å²) < 4.78 is 11.3. The zero-order valence-electron chi connectivity index (χ0n) is 13.4. The molecule has 5 heteroatoms. The van der Waals surface area contributed by atoms with E-state index in [9.17, 15) is 4.79 Å². The Morgan fingerprint density at radius 3 is 2.58 bits per heavy atom. The van der Waals surface area contributed by atoms with Gasteiger partial charge in [0.2, 0.25) is 6.10 Å². The van der Waals surface area contributed by atoms with E-state index in [2.05, 4.69) is 11.4 Å². The molecule has 0 heterocycles. The minimum atomic E-state index is -0.770. The molecule has 0 bridgehead atoms. The van der Waals surface area contributed by atoms with Gasteiger partial charge in [-0.05, 0) is 25.0 Å². The number of ether oxygens (including phenoxy) is 2. The van der Waals surface area contributed by atoms with Crippen LogP contribution in [0.5, 0.6) is 11.5 Å². The number of rotatable bonds is 6. The van der Waals surface area contributed by atoms with Crippen LogP contribution in [0.1, 0.15) is 30.1 Å². The van der Waals surface area contributed by atoms with Crippen LogP contribution in [0.25, 0.3) is 0 Å².